The second kappa shape index (κ2) is 5.05. The second-order valence-electron chi connectivity index (χ2n) is 3.53. The molecule has 0 aliphatic carbocycles. The molecule has 6 nitrogen and oxygen atoms in total. The van der Waals surface area contributed by atoms with Gasteiger partial charge in [-0.1, -0.05) is 6.07 Å². The number of hydrogen-bond donors (Lipinski definition) is 2. The number of anilines is 2. The summed E-state index contributed by atoms with van der Waals surface area (Å²) < 4.78 is 29.6. The van der Waals surface area contributed by atoms with E-state index in [2.05, 4.69) is 9.46 Å². The fourth-order valence-corrected chi connectivity index (χ4v) is 2.21. The van der Waals surface area contributed by atoms with Crippen LogP contribution in [0.3, 0.4) is 0 Å². The van der Waals surface area contributed by atoms with Crippen LogP contribution in [0.25, 0.3) is 0 Å². The first kappa shape index (κ1) is 13.3. The molecule has 1 rings (SSSR count). The molecule has 0 aromatic heterocycles. The van der Waals surface area contributed by atoms with Crippen molar-refractivity contribution >= 4 is 27.4 Å². The summed E-state index contributed by atoms with van der Waals surface area (Å²) in [6.07, 6.45) is 0. The fraction of sp³-hybridized carbons (Fsp3) is 0.300. The number of carbonyl (C=O) groups excluding carboxylic acids is 1. The van der Waals surface area contributed by atoms with E-state index in [1.807, 2.05) is 6.92 Å². The first-order valence-electron chi connectivity index (χ1n) is 4.77. The summed E-state index contributed by atoms with van der Waals surface area (Å²) in [4.78, 5) is 10.9. The lowest BCUT2D eigenvalue weighted by atomic mass is 10.2. The summed E-state index contributed by atoms with van der Waals surface area (Å²) in [6.45, 7) is 1.84. The highest BCUT2D eigenvalue weighted by Gasteiger charge is 2.17. The van der Waals surface area contributed by atoms with Gasteiger partial charge >= 0.3 is 5.97 Å². The van der Waals surface area contributed by atoms with Gasteiger partial charge in [-0.3, -0.25) is 9.52 Å². The van der Waals surface area contributed by atoms with Gasteiger partial charge in [0.05, 0.1) is 18.5 Å². The molecule has 0 heterocycles. The van der Waals surface area contributed by atoms with Crippen molar-refractivity contribution in [3.63, 3.8) is 0 Å². The Labute approximate surface area is 99.8 Å². The van der Waals surface area contributed by atoms with Crippen LogP contribution in [0, 0.1) is 6.92 Å². The molecule has 1 aromatic carbocycles. The Morgan fingerprint density at radius 3 is 2.65 bits per heavy atom. The van der Waals surface area contributed by atoms with E-state index in [4.69, 9.17) is 5.73 Å². The van der Waals surface area contributed by atoms with Gasteiger partial charge < -0.3 is 10.5 Å². The number of nitrogens with two attached hydrogens (primary N) is 1. The lowest BCUT2D eigenvalue weighted by molar-refractivity contribution is -0.137. The summed E-state index contributed by atoms with van der Waals surface area (Å²) in [5.74, 6) is -1.57. The molecule has 0 aliphatic heterocycles. The molecule has 0 amide bonds. The molecule has 0 radical (unpaired) electrons. The largest absolute Gasteiger partial charge is 0.468 e. The average molecular weight is 258 g/mol. The highest BCUT2D eigenvalue weighted by Crippen LogP contribution is 2.20. The Bertz CT molecular complexity index is 525. The van der Waals surface area contributed by atoms with Crippen molar-refractivity contribution in [2.75, 3.05) is 23.3 Å². The number of carbonyl (C=O) groups is 1. The van der Waals surface area contributed by atoms with Crippen LogP contribution < -0.4 is 10.5 Å². The van der Waals surface area contributed by atoms with Gasteiger partial charge in [-0.2, -0.15) is 0 Å². The van der Waals surface area contributed by atoms with Crippen molar-refractivity contribution < 1.29 is 17.9 Å². The number of benzene rings is 1. The fourth-order valence-electron chi connectivity index (χ4n) is 1.19. The molecule has 7 heteroatoms. The maximum absolute atomic E-state index is 11.5. The molecule has 0 unspecified atom stereocenters. The molecular weight excluding hydrogens is 244 g/mol. The number of sulfonamides is 1. The zero-order chi connectivity index (χ0) is 13.1. The molecule has 0 saturated carbocycles. The Hall–Kier alpha value is -1.76. The standard InChI is InChI=1S/C10H14N2O4S/c1-7-3-4-9(8(11)5-7)12-17(14,15)6-10(13)16-2/h3-5,12H,6,11H2,1-2H3. The Kier molecular flexibility index (Phi) is 3.95. The van der Waals surface area contributed by atoms with Gasteiger partial charge in [0, 0.05) is 0 Å². The minimum atomic E-state index is -3.79. The predicted molar refractivity (Wildman–Crippen MR) is 65.0 cm³/mol. The van der Waals surface area contributed by atoms with E-state index in [0.717, 1.165) is 12.7 Å². The van der Waals surface area contributed by atoms with Gasteiger partial charge in [0.2, 0.25) is 10.0 Å². The molecule has 17 heavy (non-hydrogen) atoms. The first-order chi connectivity index (χ1) is 7.84. The minimum Gasteiger partial charge on any atom is -0.468 e. The summed E-state index contributed by atoms with van der Waals surface area (Å²) in [5.41, 5.74) is 7.12. The molecule has 1 aromatic rings. The Morgan fingerprint density at radius 1 is 1.47 bits per heavy atom. The molecule has 0 atom stereocenters. The number of ether oxygens (including phenoxy) is 1. The monoisotopic (exact) mass is 258 g/mol. The number of methoxy groups -OCH3 is 1. The van der Waals surface area contributed by atoms with Gasteiger partial charge in [-0.25, -0.2) is 8.42 Å². The van der Waals surface area contributed by atoms with E-state index >= 15 is 0 Å². The van der Waals surface area contributed by atoms with Crippen molar-refractivity contribution in [2.24, 2.45) is 0 Å². The smallest absolute Gasteiger partial charge is 0.322 e. The summed E-state index contributed by atoms with van der Waals surface area (Å²) in [6, 6.07) is 4.89. The van der Waals surface area contributed by atoms with Crippen molar-refractivity contribution in [3.8, 4) is 0 Å². The summed E-state index contributed by atoms with van der Waals surface area (Å²) in [5, 5.41) is 0. The topological polar surface area (TPSA) is 98.5 Å². The molecule has 0 spiro atoms. The lowest BCUT2D eigenvalue weighted by Crippen LogP contribution is -2.24. The van der Waals surface area contributed by atoms with Crippen LogP contribution in [0.4, 0.5) is 11.4 Å². The van der Waals surface area contributed by atoms with E-state index in [9.17, 15) is 13.2 Å². The van der Waals surface area contributed by atoms with Crippen LogP contribution in [0.1, 0.15) is 5.56 Å². The maximum atomic E-state index is 11.5. The third kappa shape index (κ3) is 3.95. The van der Waals surface area contributed by atoms with Crippen LogP contribution in [-0.4, -0.2) is 27.2 Å². The summed E-state index contributed by atoms with van der Waals surface area (Å²) >= 11 is 0. The van der Waals surface area contributed by atoms with E-state index in [1.165, 1.54) is 0 Å². The Balaban J connectivity index is 2.87. The molecule has 0 fully saturated rings. The van der Waals surface area contributed by atoms with E-state index in [1.54, 1.807) is 18.2 Å². The van der Waals surface area contributed by atoms with Gasteiger partial charge in [0.15, 0.2) is 5.75 Å². The van der Waals surface area contributed by atoms with Gasteiger partial charge in [0.25, 0.3) is 0 Å². The van der Waals surface area contributed by atoms with Crippen molar-refractivity contribution in [2.45, 2.75) is 6.92 Å². The molecule has 3 N–H and O–H groups in total. The molecule has 0 aliphatic rings. The van der Waals surface area contributed by atoms with Gasteiger partial charge in [0.1, 0.15) is 0 Å². The van der Waals surface area contributed by atoms with Crippen molar-refractivity contribution in [1.29, 1.82) is 0 Å². The molecule has 94 valence electrons. The number of aryl methyl sites for hydroxylation is 1. The van der Waals surface area contributed by atoms with Crippen LogP contribution in [0.15, 0.2) is 18.2 Å². The van der Waals surface area contributed by atoms with Crippen molar-refractivity contribution in [3.05, 3.63) is 23.8 Å². The normalized spacial score (nSPS) is 10.9. The second-order valence-corrected chi connectivity index (χ2v) is 5.25. The number of nitrogens with one attached hydrogen (secondary N) is 1. The highest BCUT2D eigenvalue weighted by atomic mass is 32.2. The van der Waals surface area contributed by atoms with Crippen molar-refractivity contribution in [1.82, 2.24) is 0 Å². The quantitative estimate of drug-likeness (QED) is 0.605. The number of esters is 1. The number of hydrogen-bond acceptors (Lipinski definition) is 5. The minimum absolute atomic E-state index is 0.250. The zero-order valence-corrected chi connectivity index (χ0v) is 10.4. The van der Waals surface area contributed by atoms with E-state index < -0.39 is 21.7 Å². The van der Waals surface area contributed by atoms with Crippen LogP contribution in [0.2, 0.25) is 0 Å². The van der Waals surface area contributed by atoms with Crippen LogP contribution in [-0.2, 0) is 19.6 Å². The molecular formula is C10H14N2O4S. The third-order valence-electron chi connectivity index (χ3n) is 2.01. The maximum Gasteiger partial charge on any atom is 0.322 e. The van der Waals surface area contributed by atoms with Gasteiger partial charge in [-0.15, -0.1) is 0 Å². The summed E-state index contributed by atoms with van der Waals surface area (Å²) in [7, 11) is -2.66. The third-order valence-corrected chi connectivity index (χ3v) is 3.15. The number of rotatable bonds is 4. The molecule has 0 bridgehead atoms. The van der Waals surface area contributed by atoms with Crippen LogP contribution >= 0.6 is 0 Å². The van der Waals surface area contributed by atoms with E-state index in [-0.39, 0.29) is 5.69 Å². The first-order valence-corrected chi connectivity index (χ1v) is 6.43. The predicted octanol–water partition coefficient (Wildman–Crippen LogP) is 0.492. The average Bonchev–Trinajstić information content (AvgIpc) is 2.21. The van der Waals surface area contributed by atoms with Crippen LogP contribution in [0.5, 0.6) is 0 Å². The van der Waals surface area contributed by atoms with Gasteiger partial charge in [-0.05, 0) is 24.6 Å². The zero-order valence-electron chi connectivity index (χ0n) is 9.56. The molecule has 0 saturated heterocycles. The lowest BCUT2D eigenvalue weighted by Gasteiger charge is -2.09. The number of nitrogen functional groups attached to an aromatic ring is 1. The SMILES string of the molecule is COC(=O)CS(=O)(=O)Nc1ccc(C)cc1N. The highest BCUT2D eigenvalue weighted by molar-refractivity contribution is 7.93. The Morgan fingerprint density at radius 2 is 2.12 bits per heavy atom. The van der Waals surface area contributed by atoms with E-state index in [0.29, 0.717) is 5.69 Å².